The van der Waals surface area contributed by atoms with E-state index in [1.54, 1.807) is 13.0 Å². The lowest BCUT2D eigenvalue weighted by molar-refractivity contribution is 0.0487. The predicted octanol–water partition coefficient (Wildman–Crippen LogP) is 4.85. The molecule has 4 nitrogen and oxygen atoms in total. The van der Waals surface area contributed by atoms with Crippen LogP contribution in [0.1, 0.15) is 78.7 Å². The number of benzene rings is 1. The van der Waals surface area contributed by atoms with Crippen LogP contribution < -0.4 is 0 Å². The van der Waals surface area contributed by atoms with Gasteiger partial charge in [0.15, 0.2) is 0 Å². The van der Waals surface area contributed by atoms with Crippen LogP contribution in [0.4, 0.5) is 0 Å². The van der Waals surface area contributed by atoms with E-state index >= 15 is 0 Å². The van der Waals surface area contributed by atoms with Crippen LogP contribution in [0.3, 0.4) is 0 Å². The van der Waals surface area contributed by atoms with Crippen LogP contribution in [-0.4, -0.2) is 23.7 Å². The zero-order valence-corrected chi connectivity index (χ0v) is 14.4. The Morgan fingerprint density at radius 3 is 2.35 bits per heavy atom. The molecule has 0 heterocycles. The van der Waals surface area contributed by atoms with Crippen molar-refractivity contribution in [1.29, 1.82) is 0 Å². The van der Waals surface area contributed by atoms with E-state index in [-0.39, 0.29) is 11.1 Å². The maximum Gasteiger partial charge on any atom is 0.339 e. The molecular weight excluding hydrogens is 292 g/mol. The molecular formula is C19H28O4. The number of aromatic carboxylic acids is 1. The number of unbranched alkanes of at least 4 members (excludes halogenated alkanes) is 4. The maximum atomic E-state index is 12.0. The summed E-state index contributed by atoms with van der Waals surface area (Å²) in [5, 5.41) is 9.16. The van der Waals surface area contributed by atoms with Crippen molar-refractivity contribution in [2.45, 2.75) is 59.3 Å². The quantitative estimate of drug-likeness (QED) is 0.494. The average molecular weight is 320 g/mol. The molecule has 0 fully saturated rings. The first-order valence-electron chi connectivity index (χ1n) is 8.43. The van der Waals surface area contributed by atoms with Crippen molar-refractivity contribution in [2.24, 2.45) is 5.92 Å². The van der Waals surface area contributed by atoms with Gasteiger partial charge in [-0.3, -0.25) is 0 Å². The third-order valence-electron chi connectivity index (χ3n) is 3.78. The molecule has 1 N–H and O–H groups in total. The van der Waals surface area contributed by atoms with Gasteiger partial charge in [-0.05, 0) is 31.4 Å². The molecule has 1 rings (SSSR count). The number of carbonyl (C=O) groups is 2. The number of hydrogen-bond acceptors (Lipinski definition) is 3. The molecule has 0 saturated heterocycles. The molecule has 0 bridgehead atoms. The fourth-order valence-corrected chi connectivity index (χ4v) is 2.44. The minimum absolute atomic E-state index is 0.00341. The van der Waals surface area contributed by atoms with Gasteiger partial charge in [0.1, 0.15) is 0 Å². The zero-order valence-electron chi connectivity index (χ0n) is 14.4. The van der Waals surface area contributed by atoms with Gasteiger partial charge < -0.3 is 9.84 Å². The summed E-state index contributed by atoms with van der Waals surface area (Å²) in [4.78, 5) is 23.2. The summed E-state index contributed by atoms with van der Waals surface area (Å²) in [7, 11) is 0. The fourth-order valence-electron chi connectivity index (χ4n) is 2.44. The Bertz CT molecular complexity index is 520. The number of rotatable bonds is 10. The highest BCUT2D eigenvalue weighted by Crippen LogP contribution is 2.14. The third kappa shape index (κ3) is 7.31. The second kappa shape index (κ2) is 10.0. The van der Waals surface area contributed by atoms with E-state index < -0.39 is 11.9 Å². The van der Waals surface area contributed by atoms with Crippen molar-refractivity contribution < 1.29 is 19.4 Å². The molecule has 0 unspecified atom stereocenters. The van der Waals surface area contributed by atoms with Crippen molar-refractivity contribution in [1.82, 2.24) is 0 Å². The highest BCUT2D eigenvalue weighted by Gasteiger charge is 2.17. The molecule has 0 radical (unpaired) electrons. The van der Waals surface area contributed by atoms with Crippen LogP contribution in [0.15, 0.2) is 18.2 Å². The molecule has 0 atom stereocenters. The van der Waals surface area contributed by atoms with Crippen molar-refractivity contribution in [3.8, 4) is 0 Å². The molecule has 1 aromatic rings. The summed E-state index contributed by atoms with van der Waals surface area (Å²) in [5.74, 6) is -0.901. The summed E-state index contributed by atoms with van der Waals surface area (Å²) >= 11 is 0. The van der Waals surface area contributed by atoms with Gasteiger partial charge in [0, 0.05) is 0 Å². The number of hydrogen-bond donors (Lipinski definition) is 1. The SMILES string of the molecule is Cc1ccc(C(=O)OCCCCCCCC(C)C)c(C(=O)O)c1. The van der Waals surface area contributed by atoms with Crippen LogP contribution in [0.25, 0.3) is 0 Å². The highest BCUT2D eigenvalue weighted by atomic mass is 16.5. The number of carbonyl (C=O) groups excluding carboxylic acids is 1. The van der Waals surface area contributed by atoms with Crippen molar-refractivity contribution in [2.75, 3.05) is 6.61 Å². The first-order valence-corrected chi connectivity index (χ1v) is 8.43. The normalized spacial score (nSPS) is 10.8. The molecule has 0 aliphatic heterocycles. The molecule has 128 valence electrons. The van der Waals surface area contributed by atoms with Crippen molar-refractivity contribution in [3.63, 3.8) is 0 Å². The Hall–Kier alpha value is -1.84. The second-order valence-electron chi connectivity index (χ2n) is 6.44. The summed E-state index contributed by atoms with van der Waals surface area (Å²) in [6.07, 6.45) is 6.73. The lowest BCUT2D eigenvalue weighted by atomic mass is 10.0. The van der Waals surface area contributed by atoms with Crippen LogP contribution in [0.2, 0.25) is 0 Å². The summed E-state index contributed by atoms with van der Waals surface area (Å²) in [5.41, 5.74) is 0.934. The Labute approximate surface area is 138 Å². The second-order valence-corrected chi connectivity index (χ2v) is 6.44. The van der Waals surface area contributed by atoms with Gasteiger partial charge in [-0.1, -0.05) is 57.6 Å². The van der Waals surface area contributed by atoms with Gasteiger partial charge in [-0.2, -0.15) is 0 Å². The van der Waals surface area contributed by atoms with Crippen LogP contribution >= 0.6 is 0 Å². The van der Waals surface area contributed by atoms with E-state index in [2.05, 4.69) is 13.8 Å². The topological polar surface area (TPSA) is 63.6 Å². The minimum atomic E-state index is -1.11. The van der Waals surface area contributed by atoms with Gasteiger partial charge in [-0.25, -0.2) is 9.59 Å². The fraction of sp³-hybridized carbons (Fsp3) is 0.579. The Kier molecular flexibility index (Phi) is 8.38. The number of carboxylic acid groups (broad SMARTS) is 1. The van der Waals surface area contributed by atoms with Crippen molar-refractivity contribution >= 4 is 11.9 Å². The van der Waals surface area contributed by atoms with E-state index in [4.69, 9.17) is 9.84 Å². The Morgan fingerprint density at radius 1 is 1.04 bits per heavy atom. The van der Waals surface area contributed by atoms with Gasteiger partial charge in [0.05, 0.1) is 17.7 Å². The van der Waals surface area contributed by atoms with E-state index in [1.165, 1.54) is 31.4 Å². The standard InChI is InChI=1S/C19H28O4/c1-14(2)9-7-5-4-6-8-12-23-19(22)16-11-10-15(3)13-17(16)18(20)21/h10-11,13-14H,4-9,12H2,1-3H3,(H,20,21). The maximum absolute atomic E-state index is 12.0. The molecule has 23 heavy (non-hydrogen) atoms. The van der Waals surface area contributed by atoms with Crippen LogP contribution in [0, 0.1) is 12.8 Å². The molecule has 0 aromatic heterocycles. The molecule has 0 amide bonds. The molecule has 0 aliphatic rings. The smallest absolute Gasteiger partial charge is 0.339 e. The lowest BCUT2D eigenvalue weighted by Gasteiger charge is -2.08. The number of esters is 1. The summed E-state index contributed by atoms with van der Waals surface area (Å²) in [6, 6.07) is 4.73. The Morgan fingerprint density at radius 2 is 1.70 bits per heavy atom. The summed E-state index contributed by atoms with van der Waals surface area (Å²) in [6.45, 7) is 6.60. The van der Waals surface area contributed by atoms with Crippen molar-refractivity contribution in [3.05, 3.63) is 34.9 Å². The first-order chi connectivity index (χ1) is 10.9. The molecule has 0 saturated carbocycles. The van der Waals surface area contributed by atoms with Gasteiger partial charge in [0.25, 0.3) is 0 Å². The van der Waals surface area contributed by atoms with Gasteiger partial charge in [0.2, 0.25) is 0 Å². The lowest BCUT2D eigenvalue weighted by Crippen LogP contribution is -2.12. The van der Waals surface area contributed by atoms with Gasteiger partial charge >= 0.3 is 11.9 Å². The van der Waals surface area contributed by atoms with E-state index in [0.717, 1.165) is 30.7 Å². The zero-order chi connectivity index (χ0) is 17.2. The first kappa shape index (κ1) is 19.2. The Balaban J connectivity index is 2.31. The summed E-state index contributed by atoms with van der Waals surface area (Å²) < 4.78 is 5.20. The van der Waals surface area contributed by atoms with Crippen LogP contribution in [-0.2, 0) is 4.74 Å². The van der Waals surface area contributed by atoms with E-state index in [1.807, 2.05) is 0 Å². The molecule has 0 aliphatic carbocycles. The number of aryl methyl sites for hydroxylation is 1. The largest absolute Gasteiger partial charge is 0.478 e. The third-order valence-corrected chi connectivity index (χ3v) is 3.78. The van der Waals surface area contributed by atoms with Gasteiger partial charge in [-0.15, -0.1) is 0 Å². The van der Waals surface area contributed by atoms with E-state index in [9.17, 15) is 9.59 Å². The predicted molar refractivity (Wildman–Crippen MR) is 91.0 cm³/mol. The average Bonchev–Trinajstić information content (AvgIpc) is 2.49. The molecule has 4 heteroatoms. The minimum Gasteiger partial charge on any atom is -0.478 e. The molecule has 1 aromatic carbocycles. The highest BCUT2D eigenvalue weighted by molar-refractivity contribution is 6.02. The van der Waals surface area contributed by atoms with Crippen LogP contribution in [0.5, 0.6) is 0 Å². The van der Waals surface area contributed by atoms with E-state index in [0.29, 0.717) is 6.61 Å². The molecule has 0 spiro atoms. The monoisotopic (exact) mass is 320 g/mol. The number of carboxylic acids is 1. The number of ether oxygens (including phenoxy) is 1.